The number of hydrogen-bond donors (Lipinski definition) is 2. The van der Waals surface area contributed by atoms with Crippen molar-refractivity contribution in [3.63, 3.8) is 0 Å². The molecule has 0 saturated heterocycles. The van der Waals surface area contributed by atoms with E-state index in [1.807, 2.05) is 0 Å². The van der Waals surface area contributed by atoms with Crippen LogP contribution >= 0.6 is 0 Å². The van der Waals surface area contributed by atoms with Crippen LogP contribution < -0.4 is 5.73 Å². The minimum Gasteiger partial charge on any atom is -0.481 e. The number of carbonyl (C=O) groups excluding carboxylic acids is 1. The van der Waals surface area contributed by atoms with Gasteiger partial charge in [0, 0.05) is 12.0 Å². The van der Waals surface area contributed by atoms with Crippen molar-refractivity contribution in [1.82, 2.24) is 0 Å². The molecule has 0 aliphatic rings. The molecule has 0 aromatic carbocycles. The van der Waals surface area contributed by atoms with Crippen molar-refractivity contribution >= 4 is 11.9 Å². The number of aliphatic carboxylic acids is 1. The van der Waals surface area contributed by atoms with E-state index in [1.54, 1.807) is 0 Å². The van der Waals surface area contributed by atoms with E-state index in [0.717, 1.165) is 32.1 Å². The van der Waals surface area contributed by atoms with Crippen LogP contribution in [0.25, 0.3) is 0 Å². The number of nitrogens with two attached hydrogens (primary N) is 1. The van der Waals surface area contributed by atoms with E-state index >= 15 is 0 Å². The summed E-state index contributed by atoms with van der Waals surface area (Å²) < 4.78 is 0. The van der Waals surface area contributed by atoms with Gasteiger partial charge in [0.1, 0.15) is 0 Å². The number of carbonyl (C=O) groups is 2. The van der Waals surface area contributed by atoms with Crippen molar-refractivity contribution in [2.75, 3.05) is 0 Å². The van der Waals surface area contributed by atoms with E-state index in [2.05, 4.69) is 6.58 Å². The largest absolute Gasteiger partial charge is 0.481 e. The van der Waals surface area contributed by atoms with E-state index in [-0.39, 0.29) is 6.42 Å². The molecule has 3 N–H and O–H groups in total. The summed E-state index contributed by atoms with van der Waals surface area (Å²) >= 11 is 0. The zero-order valence-electron chi connectivity index (χ0n) is 9.00. The third-order valence-electron chi connectivity index (χ3n) is 2.22. The van der Waals surface area contributed by atoms with Crippen molar-refractivity contribution in [2.45, 2.75) is 44.9 Å². The van der Waals surface area contributed by atoms with E-state index in [1.165, 1.54) is 0 Å². The fraction of sp³-hybridized carbons (Fsp3) is 0.636. The van der Waals surface area contributed by atoms with Crippen LogP contribution in [0.5, 0.6) is 0 Å². The monoisotopic (exact) mass is 213 g/mol. The van der Waals surface area contributed by atoms with E-state index in [0.29, 0.717) is 12.0 Å². The van der Waals surface area contributed by atoms with Gasteiger partial charge in [0.05, 0.1) is 0 Å². The number of hydrogen-bond acceptors (Lipinski definition) is 2. The molecule has 0 rings (SSSR count). The second kappa shape index (κ2) is 8.03. The highest BCUT2D eigenvalue weighted by molar-refractivity contribution is 5.91. The quantitative estimate of drug-likeness (QED) is 0.453. The Balaban J connectivity index is 3.22. The van der Waals surface area contributed by atoms with Gasteiger partial charge in [-0.25, -0.2) is 0 Å². The molecule has 0 spiro atoms. The van der Waals surface area contributed by atoms with Crippen molar-refractivity contribution < 1.29 is 14.7 Å². The SMILES string of the molecule is C=C(CCCCCCCC(=O)O)C(N)=O. The first-order valence-electron chi connectivity index (χ1n) is 5.23. The normalized spacial score (nSPS) is 9.87. The van der Waals surface area contributed by atoms with Gasteiger partial charge >= 0.3 is 5.97 Å². The van der Waals surface area contributed by atoms with Crippen LogP contribution in [0.1, 0.15) is 44.9 Å². The maximum Gasteiger partial charge on any atom is 0.303 e. The highest BCUT2D eigenvalue weighted by atomic mass is 16.4. The first-order chi connectivity index (χ1) is 7.04. The van der Waals surface area contributed by atoms with Crippen LogP contribution in [0.3, 0.4) is 0 Å². The van der Waals surface area contributed by atoms with Gasteiger partial charge in [-0.15, -0.1) is 0 Å². The molecule has 86 valence electrons. The van der Waals surface area contributed by atoms with Gasteiger partial charge < -0.3 is 10.8 Å². The average molecular weight is 213 g/mol. The summed E-state index contributed by atoms with van der Waals surface area (Å²) in [7, 11) is 0. The second-order valence-electron chi connectivity index (χ2n) is 3.63. The Morgan fingerprint density at radius 1 is 1.00 bits per heavy atom. The van der Waals surface area contributed by atoms with E-state index in [4.69, 9.17) is 10.8 Å². The summed E-state index contributed by atoms with van der Waals surface area (Å²) in [5.74, 6) is -1.17. The number of amides is 1. The van der Waals surface area contributed by atoms with E-state index in [9.17, 15) is 9.59 Å². The molecular weight excluding hydrogens is 194 g/mol. The van der Waals surface area contributed by atoms with Crippen LogP contribution in [0.4, 0.5) is 0 Å². The van der Waals surface area contributed by atoms with Crippen LogP contribution in [0, 0.1) is 0 Å². The molecule has 0 aromatic heterocycles. The molecule has 0 radical (unpaired) electrons. The minimum absolute atomic E-state index is 0.244. The Morgan fingerprint density at radius 2 is 1.47 bits per heavy atom. The van der Waals surface area contributed by atoms with Crippen LogP contribution in [0.15, 0.2) is 12.2 Å². The molecule has 0 aliphatic carbocycles. The predicted octanol–water partition coefficient (Wildman–Crippen LogP) is 1.84. The molecular formula is C11H19NO3. The lowest BCUT2D eigenvalue weighted by Crippen LogP contribution is -2.12. The first kappa shape index (κ1) is 13.7. The van der Waals surface area contributed by atoms with Crippen LogP contribution in [-0.4, -0.2) is 17.0 Å². The lowest BCUT2D eigenvalue weighted by molar-refractivity contribution is -0.137. The summed E-state index contributed by atoms with van der Waals surface area (Å²) in [6.07, 6.45) is 5.43. The van der Waals surface area contributed by atoms with E-state index < -0.39 is 11.9 Å². The van der Waals surface area contributed by atoms with Gasteiger partial charge in [-0.3, -0.25) is 9.59 Å². The molecule has 15 heavy (non-hydrogen) atoms. The maximum atomic E-state index is 10.6. The zero-order chi connectivity index (χ0) is 11.7. The zero-order valence-corrected chi connectivity index (χ0v) is 9.00. The topological polar surface area (TPSA) is 80.4 Å². The molecule has 0 heterocycles. The summed E-state index contributed by atoms with van der Waals surface area (Å²) in [6.45, 7) is 3.56. The summed E-state index contributed by atoms with van der Waals surface area (Å²) in [6, 6.07) is 0. The lowest BCUT2D eigenvalue weighted by atomic mass is 10.1. The third-order valence-corrected chi connectivity index (χ3v) is 2.22. The van der Waals surface area contributed by atoms with Gasteiger partial charge in [0.25, 0.3) is 0 Å². The molecule has 0 aliphatic heterocycles. The van der Waals surface area contributed by atoms with Crippen molar-refractivity contribution in [1.29, 1.82) is 0 Å². The smallest absolute Gasteiger partial charge is 0.303 e. The molecule has 4 heteroatoms. The molecule has 4 nitrogen and oxygen atoms in total. The van der Waals surface area contributed by atoms with Crippen molar-refractivity contribution in [2.24, 2.45) is 5.73 Å². The summed E-state index contributed by atoms with van der Waals surface area (Å²) in [4.78, 5) is 20.8. The molecule has 0 unspecified atom stereocenters. The molecule has 0 aromatic rings. The Hall–Kier alpha value is -1.32. The Labute approximate surface area is 90.2 Å². The minimum atomic E-state index is -0.739. The standard InChI is InChI=1S/C11H19NO3/c1-9(11(12)15)7-5-3-2-4-6-8-10(13)14/h1-8H2,(H2,12,15)(H,13,14). The molecule has 0 saturated carbocycles. The number of carboxylic acids is 1. The number of unbranched alkanes of at least 4 members (excludes halogenated alkanes) is 4. The summed E-state index contributed by atoms with van der Waals surface area (Å²) in [5.41, 5.74) is 5.50. The number of rotatable bonds is 9. The fourth-order valence-electron chi connectivity index (χ4n) is 1.27. The molecule has 0 fully saturated rings. The van der Waals surface area contributed by atoms with Crippen LogP contribution in [0.2, 0.25) is 0 Å². The van der Waals surface area contributed by atoms with Crippen molar-refractivity contribution in [3.8, 4) is 0 Å². The third kappa shape index (κ3) is 9.00. The predicted molar refractivity (Wildman–Crippen MR) is 58.3 cm³/mol. The highest BCUT2D eigenvalue weighted by Crippen LogP contribution is 2.10. The Morgan fingerprint density at radius 3 is 1.93 bits per heavy atom. The van der Waals surface area contributed by atoms with Gasteiger partial charge in [0.2, 0.25) is 5.91 Å². The molecule has 0 bridgehead atoms. The van der Waals surface area contributed by atoms with Crippen molar-refractivity contribution in [3.05, 3.63) is 12.2 Å². The van der Waals surface area contributed by atoms with Gasteiger partial charge in [0.15, 0.2) is 0 Å². The summed E-state index contributed by atoms with van der Waals surface area (Å²) in [5, 5.41) is 8.39. The molecule has 0 atom stereocenters. The van der Waals surface area contributed by atoms with Gasteiger partial charge in [-0.05, 0) is 19.3 Å². The highest BCUT2D eigenvalue weighted by Gasteiger charge is 2.01. The number of carboxylic acid groups (broad SMARTS) is 1. The lowest BCUT2D eigenvalue weighted by Gasteiger charge is -2.01. The molecule has 1 amide bonds. The average Bonchev–Trinajstić information content (AvgIpc) is 2.15. The van der Waals surface area contributed by atoms with Crippen LogP contribution in [-0.2, 0) is 9.59 Å². The maximum absolute atomic E-state index is 10.6. The fourth-order valence-corrected chi connectivity index (χ4v) is 1.27. The van der Waals surface area contributed by atoms with Gasteiger partial charge in [-0.2, -0.15) is 0 Å². The first-order valence-corrected chi connectivity index (χ1v) is 5.23. The Bertz CT molecular complexity index is 236. The second-order valence-corrected chi connectivity index (χ2v) is 3.63. The van der Waals surface area contributed by atoms with Gasteiger partial charge in [-0.1, -0.05) is 25.8 Å². The Kier molecular flexibility index (Phi) is 7.32. The number of primary amides is 1.